The number of anilines is 1. The third kappa shape index (κ3) is 4.94. The molecule has 6 nitrogen and oxygen atoms in total. The summed E-state index contributed by atoms with van der Waals surface area (Å²) in [4.78, 5) is 28.4. The van der Waals surface area contributed by atoms with Crippen molar-refractivity contribution in [2.45, 2.75) is 31.7 Å². The van der Waals surface area contributed by atoms with E-state index >= 15 is 0 Å². The first-order valence-electron chi connectivity index (χ1n) is 9.43. The number of benzene rings is 1. The third-order valence-corrected chi connectivity index (χ3v) is 5.09. The van der Waals surface area contributed by atoms with Crippen molar-refractivity contribution in [1.82, 2.24) is 15.5 Å². The quantitative estimate of drug-likeness (QED) is 0.824. The van der Waals surface area contributed by atoms with Gasteiger partial charge in [0.2, 0.25) is 11.8 Å². The van der Waals surface area contributed by atoms with Crippen molar-refractivity contribution in [1.29, 1.82) is 0 Å². The molecule has 0 bridgehead atoms. The number of halogens is 1. The van der Waals surface area contributed by atoms with Crippen molar-refractivity contribution in [2.75, 3.05) is 44.2 Å². The predicted octanol–water partition coefficient (Wildman–Crippen LogP) is 1.12. The Balaban J connectivity index is 1.37. The van der Waals surface area contributed by atoms with Crippen molar-refractivity contribution in [3.63, 3.8) is 0 Å². The summed E-state index contributed by atoms with van der Waals surface area (Å²) in [7, 11) is 0. The molecule has 2 amide bonds. The van der Waals surface area contributed by atoms with Gasteiger partial charge in [-0.25, -0.2) is 4.39 Å². The van der Waals surface area contributed by atoms with E-state index in [1.807, 2.05) is 4.90 Å². The first-order valence-corrected chi connectivity index (χ1v) is 9.43. The smallest absolute Gasteiger partial charge is 0.237 e. The number of piperidine rings is 1. The molecule has 1 aromatic rings. The number of nitrogens with one attached hydrogen (secondary N) is 2. The first-order chi connectivity index (χ1) is 12.6. The summed E-state index contributed by atoms with van der Waals surface area (Å²) in [6.45, 7) is 4.03. The average Bonchev–Trinajstić information content (AvgIpc) is 2.69. The number of rotatable bonds is 5. The van der Waals surface area contributed by atoms with Crippen LogP contribution < -0.4 is 15.5 Å². The Morgan fingerprint density at radius 2 is 1.85 bits per heavy atom. The molecule has 1 aromatic carbocycles. The normalized spacial score (nSPS) is 20.7. The van der Waals surface area contributed by atoms with E-state index in [2.05, 4.69) is 15.5 Å². The largest absolute Gasteiger partial charge is 0.368 e. The minimum atomic E-state index is -0.243. The van der Waals surface area contributed by atoms with E-state index in [9.17, 15) is 14.0 Å². The fourth-order valence-corrected chi connectivity index (χ4v) is 3.52. The minimum absolute atomic E-state index is 0.00127. The lowest BCUT2D eigenvalue weighted by atomic mass is 10.0. The summed E-state index contributed by atoms with van der Waals surface area (Å²) in [5.41, 5.74) is 0.978. The van der Waals surface area contributed by atoms with Crippen molar-refractivity contribution in [3.8, 4) is 0 Å². The van der Waals surface area contributed by atoms with Crippen LogP contribution in [0.15, 0.2) is 24.3 Å². The Morgan fingerprint density at radius 3 is 2.50 bits per heavy atom. The minimum Gasteiger partial charge on any atom is -0.368 e. The molecule has 0 unspecified atom stereocenters. The fraction of sp³-hybridized carbons (Fsp3) is 0.579. The molecule has 2 saturated heterocycles. The number of carbonyl (C=O) groups is 2. The van der Waals surface area contributed by atoms with Gasteiger partial charge in [-0.1, -0.05) is 6.42 Å². The second-order valence-corrected chi connectivity index (χ2v) is 6.89. The Labute approximate surface area is 153 Å². The van der Waals surface area contributed by atoms with Crippen LogP contribution >= 0.6 is 0 Å². The zero-order valence-corrected chi connectivity index (χ0v) is 15.0. The zero-order valence-electron chi connectivity index (χ0n) is 15.0. The lowest BCUT2D eigenvalue weighted by molar-refractivity contribution is -0.131. The van der Waals surface area contributed by atoms with Gasteiger partial charge in [-0.3, -0.25) is 9.59 Å². The van der Waals surface area contributed by atoms with Gasteiger partial charge in [0, 0.05) is 44.8 Å². The van der Waals surface area contributed by atoms with E-state index in [0.717, 1.165) is 44.6 Å². The summed E-state index contributed by atoms with van der Waals surface area (Å²) in [6.07, 6.45) is 3.38. The highest BCUT2D eigenvalue weighted by molar-refractivity contribution is 5.83. The van der Waals surface area contributed by atoms with Gasteiger partial charge in [0.05, 0.1) is 6.04 Å². The monoisotopic (exact) mass is 362 g/mol. The Morgan fingerprint density at radius 1 is 1.12 bits per heavy atom. The summed E-state index contributed by atoms with van der Waals surface area (Å²) in [5.74, 6) is -0.174. The molecule has 1 atom stereocenters. The molecule has 2 fully saturated rings. The molecule has 2 heterocycles. The van der Waals surface area contributed by atoms with E-state index < -0.39 is 0 Å². The van der Waals surface area contributed by atoms with Crippen LogP contribution in [-0.4, -0.2) is 62.0 Å². The van der Waals surface area contributed by atoms with Crippen molar-refractivity contribution < 1.29 is 14.0 Å². The van der Waals surface area contributed by atoms with Crippen LogP contribution in [0.1, 0.15) is 25.7 Å². The van der Waals surface area contributed by atoms with Crippen molar-refractivity contribution in [3.05, 3.63) is 30.1 Å². The van der Waals surface area contributed by atoms with Crippen LogP contribution in [0.25, 0.3) is 0 Å². The SMILES string of the molecule is O=C(NCCC(=O)N1CCN(c2ccc(F)cc2)CC1)[C@H]1CCCCN1. The van der Waals surface area contributed by atoms with Crippen LogP contribution in [-0.2, 0) is 9.59 Å². The molecule has 0 aromatic heterocycles. The van der Waals surface area contributed by atoms with Crippen LogP contribution in [0.5, 0.6) is 0 Å². The highest BCUT2D eigenvalue weighted by Gasteiger charge is 2.23. The maximum atomic E-state index is 13.0. The average molecular weight is 362 g/mol. The number of nitrogens with zero attached hydrogens (tertiary/aromatic N) is 2. The van der Waals surface area contributed by atoms with Gasteiger partial charge in [0.15, 0.2) is 0 Å². The number of piperazine rings is 1. The van der Waals surface area contributed by atoms with Crippen molar-refractivity contribution >= 4 is 17.5 Å². The molecule has 7 heteroatoms. The molecule has 26 heavy (non-hydrogen) atoms. The highest BCUT2D eigenvalue weighted by atomic mass is 19.1. The molecule has 0 radical (unpaired) electrons. The summed E-state index contributed by atoms with van der Waals surface area (Å²) < 4.78 is 13.0. The lowest BCUT2D eigenvalue weighted by Crippen LogP contribution is -2.50. The molecule has 2 aliphatic heterocycles. The molecule has 2 N–H and O–H groups in total. The van der Waals surface area contributed by atoms with E-state index in [0.29, 0.717) is 26.1 Å². The third-order valence-electron chi connectivity index (χ3n) is 5.09. The number of amides is 2. The molecular weight excluding hydrogens is 335 g/mol. The van der Waals surface area contributed by atoms with Gasteiger partial charge in [-0.2, -0.15) is 0 Å². The molecule has 2 aliphatic rings. The highest BCUT2D eigenvalue weighted by Crippen LogP contribution is 2.17. The molecule has 0 saturated carbocycles. The Hall–Kier alpha value is -2.15. The summed E-state index contributed by atoms with van der Waals surface area (Å²) in [6, 6.07) is 6.33. The van der Waals surface area contributed by atoms with Gasteiger partial charge < -0.3 is 20.4 Å². The summed E-state index contributed by atoms with van der Waals surface area (Å²) in [5, 5.41) is 6.08. The second kappa shape index (κ2) is 8.98. The van der Waals surface area contributed by atoms with Gasteiger partial charge in [0.25, 0.3) is 0 Å². The molecule has 3 rings (SSSR count). The van der Waals surface area contributed by atoms with Gasteiger partial charge >= 0.3 is 0 Å². The van der Waals surface area contributed by atoms with E-state index in [-0.39, 0.29) is 23.7 Å². The van der Waals surface area contributed by atoms with Gasteiger partial charge in [0.1, 0.15) is 5.82 Å². The van der Waals surface area contributed by atoms with Gasteiger partial charge in [-0.05, 0) is 43.7 Å². The van der Waals surface area contributed by atoms with Crippen LogP contribution in [0, 0.1) is 5.82 Å². The lowest BCUT2D eigenvalue weighted by Gasteiger charge is -2.36. The van der Waals surface area contributed by atoms with Crippen LogP contribution in [0.3, 0.4) is 0 Å². The van der Waals surface area contributed by atoms with Crippen LogP contribution in [0.2, 0.25) is 0 Å². The maximum Gasteiger partial charge on any atom is 0.237 e. The molecule has 142 valence electrons. The summed E-state index contributed by atoms with van der Waals surface area (Å²) >= 11 is 0. The standard InChI is InChI=1S/C19H27FN4O2/c20-15-4-6-16(7-5-15)23-11-13-24(14-12-23)18(25)8-10-22-19(26)17-3-1-2-9-21-17/h4-7,17,21H,1-3,8-14H2,(H,22,26)/t17-/m1/s1. The second-order valence-electron chi connectivity index (χ2n) is 6.89. The number of hydrogen-bond donors (Lipinski definition) is 2. The number of carbonyl (C=O) groups excluding carboxylic acids is 2. The zero-order chi connectivity index (χ0) is 18.4. The Kier molecular flexibility index (Phi) is 6.44. The Bertz CT molecular complexity index is 608. The maximum absolute atomic E-state index is 13.0. The van der Waals surface area contributed by atoms with E-state index in [4.69, 9.17) is 0 Å². The molecular formula is C19H27FN4O2. The van der Waals surface area contributed by atoms with Crippen LogP contribution in [0.4, 0.5) is 10.1 Å². The first kappa shape index (κ1) is 18.6. The van der Waals surface area contributed by atoms with Crippen molar-refractivity contribution in [2.24, 2.45) is 0 Å². The predicted molar refractivity (Wildman–Crippen MR) is 98.5 cm³/mol. The number of hydrogen-bond acceptors (Lipinski definition) is 4. The van der Waals surface area contributed by atoms with Gasteiger partial charge in [-0.15, -0.1) is 0 Å². The topological polar surface area (TPSA) is 64.7 Å². The van der Waals surface area contributed by atoms with E-state index in [1.165, 1.54) is 12.1 Å². The molecule has 0 spiro atoms. The fourth-order valence-electron chi connectivity index (χ4n) is 3.52. The molecule has 0 aliphatic carbocycles. The van der Waals surface area contributed by atoms with E-state index in [1.54, 1.807) is 12.1 Å².